The molecule has 174 valence electrons. The Bertz CT molecular complexity index is 1040. The maximum atomic E-state index is 13.3. The van der Waals surface area contributed by atoms with Gasteiger partial charge in [-0.15, -0.1) is 0 Å². The van der Waals surface area contributed by atoms with Crippen LogP contribution < -0.4 is 14.4 Å². The van der Waals surface area contributed by atoms with Gasteiger partial charge in [-0.1, -0.05) is 29.8 Å². The van der Waals surface area contributed by atoms with Crippen LogP contribution in [0.25, 0.3) is 0 Å². The highest BCUT2D eigenvalue weighted by Gasteiger charge is 2.30. The highest BCUT2D eigenvalue weighted by Crippen LogP contribution is 2.23. The van der Waals surface area contributed by atoms with Crippen molar-refractivity contribution < 1.29 is 22.7 Å². The lowest BCUT2D eigenvalue weighted by Crippen LogP contribution is -2.51. The van der Waals surface area contributed by atoms with Gasteiger partial charge in [0.15, 0.2) is 0 Å². The summed E-state index contributed by atoms with van der Waals surface area (Å²) in [6, 6.07) is 12.5. The molecular weight excluding hydrogens is 454 g/mol. The van der Waals surface area contributed by atoms with E-state index in [0.29, 0.717) is 17.3 Å². The molecule has 2 aromatic rings. The first kappa shape index (κ1) is 25.5. The number of carbonyl (C=O) groups is 2. The summed E-state index contributed by atoms with van der Waals surface area (Å²) in [5.74, 6) is -0.194. The van der Waals surface area contributed by atoms with E-state index in [2.05, 4.69) is 5.32 Å². The molecule has 0 saturated heterocycles. The number of nitrogens with one attached hydrogen (secondary N) is 1. The molecule has 0 aliphatic carbocycles. The van der Waals surface area contributed by atoms with Gasteiger partial charge in [-0.25, -0.2) is 8.42 Å². The molecular formula is C22H28ClN3O5S. The summed E-state index contributed by atoms with van der Waals surface area (Å²) < 4.78 is 31.0. The Hall–Kier alpha value is -2.78. The molecule has 0 aromatic heterocycles. The number of ether oxygens (including phenoxy) is 1. The van der Waals surface area contributed by atoms with Gasteiger partial charge < -0.3 is 15.0 Å². The lowest BCUT2D eigenvalue weighted by Gasteiger charge is -2.31. The van der Waals surface area contributed by atoms with E-state index in [4.69, 9.17) is 16.3 Å². The van der Waals surface area contributed by atoms with E-state index in [1.807, 2.05) is 0 Å². The van der Waals surface area contributed by atoms with Gasteiger partial charge in [0.05, 0.1) is 19.1 Å². The maximum absolute atomic E-state index is 13.3. The van der Waals surface area contributed by atoms with Gasteiger partial charge in [-0.3, -0.25) is 13.9 Å². The van der Waals surface area contributed by atoms with Crippen molar-refractivity contribution in [1.29, 1.82) is 0 Å². The number of hydrogen-bond donors (Lipinski definition) is 1. The number of benzene rings is 2. The van der Waals surface area contributed by atoms with Gasteiger partial charge >= 0.3 is 0 Å². The molecule has 32 heavy (non-hydrogen) atoms. The number of carbonyl (C=O) groups excluding carboxylic acids is 2. The van der Waals surface area contributed by atoms with Gasteiger partial charge in [0, 0.05) is 18.1 Å². The molecule has 0 spiro atoms. The van der Waals surface area contributed by atoms with E-state index in [-0.39, 0.29) is 18.1 Å². The average Bonchev–Trinajstić information content (AvgIpc) is 2.75. The number of rotatable bonds is 10. The largest absolute Gasteiger partial charge is 0.497 e. The van der Waals surface area contributed by atoms with Crippen LogP contribution in [0.2, 0.25) is 5.02 Å². The summed E-state index contributed by atoms with van der Waals surface area (Å²) in [5, 5.41) is 3.05. The monoisotopic (exact) mass is 481 g/mol. The Morgan fingerprint density at radius 1 is 1.16 bits per heavy atom. The number of sulfonamides is 1. The van der Waals surface area contributed by atoms with Crippen molar-refractivity contribution in [2.75, 3.05) is 30.8 Å². The fraction of sp³-hybridized carbons (Fsp3) is 0.364. The molecule has 0 aliphatic heterocycles. The summed E-state index contributed by atoms with van der Waals surface area (Å²) in [7, 11) is -2.24. The SMILES string of the molecule is CCNC(=O)[C@H](C)N(Cc1ccc(OC)cc1)C(=O)CN(c1cccc(Cl)c1)S(C)(=O)=O. The second kappa shape index (κ2) is 11.2. The summed E-state index contributed by atoms with van der Waals surface area (Å²) in [4.78, 5) is 27.2. The summed E-state index contributed by atoms with van der Waals surface area (Å²) in [5.41, 5.74) is 1.03. The first-order valence-corrected chi connectivity index (χ1v) is 12.2. The van der Waals surface area contributed by atoms with E-state index < -0.39 is 28.5 Å². The van der Waals surface area contributed by atoms with Gasteiger partial charge in [0.2, 0.25) is 21.8 Å². The third kappa shape index (κ3) is 6.86. The number of anilines is 1. The van der Waals surface area contributed by atoms with E-state index in [1.54, 1.807) is 63.4 Å². The number of halogens is 1. The van der Waals surface area contributed by atoms with E-state index in [1.165, 1.54) is 11.0 Å². The van der Waals surface area contributed by atoms with E-state index in [9.17, 15) is 18.0 Å². The van der Waals surface area contributed by atoms with Gasteiger partial charge in [-0.05, 0) is 49.7 Å². The van der Waals surface area contributed by atoms with E-state index >= 15 is 0 Å². The number of amides is 2. The quantitative estimate of drug-likeness (QED) is 0.562. The van der Waals surface area contributed by atoms with Crippen LogP contribution in [0.1, 0.15) is 19.4 Å². The predicted octanol–water partition coefficient (Wildman–Crippen LogP) is 2.67. The highest BCUT2D eigenvalue weighted by molar-refractivity contribution is 7.92. The third-order valence-corrected chi connectivity index (χ3v) is 6.18. The number of likely N-dealkylation sites (N-methyl/N-ethyl adjacent to an activating group) is 1. The van der Waals surface area contributed by atoms with Crippen molar-refractivity contribution in [3.8, 4) is 5.75 Å². The lowest BCUT2D eigenvalue weighted by molar-refractivity contribution is -0.139. The molecule has 2 amide bonds. The van der Waals surface area contributed by atoms with E-state index in [0.717, 1.165) is 16.1 Å². The van der Waals surface area contributed by atoms with Crippen molar-refractivity contribution >= 4 is 39.1 Å². The van der Waals surface area contributed by atoms with Crippen LogP contribution in [0.15, 0.2) is 48.5 Å². The molecule has 8 nitrogen and oxygen atoms in total. The van der Waals surface area contributed by atoms with Crippen molar-refractivity contribution in [1.82, 2.24) is 10.2 Å². The second-order valence-electron chi connectivity index (χ2n) is 7.19. The van der Waals surface area contributed by atoms with Gasteiger partial charge in [-0.2, -0.15) is 0 Å². The highest BCUT2D eigenvalue weighted by atomic mass is 35.5. The van der Waals surface area contributed by atoms with Crippen LogP contribution in [0.3, 0.4) is 0 Å². The number of methoxy groups -OCH3 is 1. The first-order valence-electron chi connectivity index (χ1n) is 10.00. The Kier molecular flexibility index (Phi) is 8.91. The summed E-state index contributed by atoms with van der Waals surface area (Å²) >= 11 is 6.02. The fourth-order valence-corrected chi connectivity index (χ4v) is 4.10. The molecule has 0 radical (unpaired) electrons. The topological polar surface area (TPSA) is 96.0 Å². The molecule has 0 fully saturated rings. The fourth-order valence-electron chi connectivity index (χ4n) is 3.08. The molecule has 0 bridgehead atoms. The number of nitrogens with zero attached hydrogens (tertiary/aromatic N) is 2. The maximum Gasteiger partial charge on any atom is 0.244 e. The van der Waals surface area contributed by atoms with Gasteiger partial charge in [0.25, 0.3) is 0 Å². The third-order valence-electron chi connectivity index (χ3n) is 4.81. The second-order valence-corrected chi connectivity index (χ2v) is 9.53. The van der Waals surface area contributed by atoms with Crippen LogP contribution in [0.4, 0.5) is 5.69 Å². The molecule has 0 saturated carbocycles. The molecule has 2 aromatic carbocycles. The molecule has 0 aliphatic rings. The summed E-state index contributed by atoms with van der Waals surface area (Å²) in [6.07, 6.45) is 1.02. The Morgan fingerprint density at radius 2 is 1.81 bits per heavy atom. The van der Waals surface area contributed by atoms with Crippen LogP contribution in [-0.4, -0.2) is 57.6 Å². The molecule has 1 N–H and O–H groups in total. The zero-order chi connectivity index (χ0) is 23.9. The van der Waals surface area contributed by atoms with Crippen molar-refractivity contribution in [2.24, 2.45) is 0 Å². The Balaban J connectivity index is 2.36. The van der Waals surface area contributed by atoms with Crippen molar-refractivity contribution in [3.05, 3.63) is 59.1 Å². The number of hydrogen-bond acceptors (Lipinski definition) is 5. The molecule has 10 heteroatoms. The Morgan fingerprint density at radius 3 is 2.34 bits per heavy atom. The Labute approximate surface area is 194 Å². The van der Waals surface area contributed by atoms with Crippen LogP contribution in [0.5, 0.6) is 5.75 Å². The smallest absolute Gasteiger partial charge is 0.244 e. The van der Waals surface area contributed by atoms with Crippen molar-refractivity contribution in [3.63, 3.8) is 0 Å². The van der Waals surface area contributed by atoms with Crippen LogP contribution >= 0.6 is 11.6 Å². The van der Waals surface area contributed by atoms with Crippen LogP contribution in [-0.2, 0) is 26.2 Å². The predicted molar refractivity (Wildman–Crippen MR) is 125 cm³/mol. The van der Waals surface area contributed by atoms with Crippen LogP contribution in [0, 0.1) is 0 Å². The van der Waals surface area contributed by atoms with Crippen molar-refractivity contribution in [2.45, 2.75) is 26.4 Å². The molecule has 0 heterocycles. The lowest BCUT2D eigenvalue weighted by atomic mass is 10.1. The molecule has 0 unspecified atom stereocenters. The molecule has 2 rings (SSSR count). The minimum atomic E-state index is -3.79. The normalized spacial score (nSPS) is 12.0. The minimum absolute atomic E-state index is 0.119. The zero-order valence-corrected chi connectivity index (χ0v) is 20.1. The standard InChI is InChI=1S/C22H28ClN3O5S/c1-5-24-22(28)16(2)25(14-17-9-11-20(31-3)12-10-17)21(27)15-26(32(4,29)30)19-8-6-7-18(23)13-19/h6-13,16H,5,14-15H2,1-4H3,(H,24,28)/t16-/m0/s1. The molecule has 1 atom stereocenters. The van der Waals surface area contributed by atoms with Gasteiger partial charge in [0.1, 0.15) is 18.3 Å². The minimum Gasteiger partial charge on any atom is -0.497 e. The average molecular weight is 482 g/mol. The summed E-state index contributed by atoms with van der Waals surface area (Å²) in [6.45, 7) is 3.44. The zero-order valence-electron chi connectivity index (χ0n) is 18.5. The first-order chi connectivity index (χ1) is 15.1.